The highest BCUT2D eigenvalue weighted by molar-refractivity contribution is 8.04. The molecule has 112 valence electrons. The standard InChI is InChI=1S/C18H17NO2S/c20-16-13-19(12-11-14-7-3-1-4-8-14)18(21)17(16)22-15-9-5-2-6-10-15/h1-10,20H,11-13H2. The number of rotatable bonds is 5. The van der Waals surface area contributed by atoms with E-state index in [1.165, 1.54) is 17.3 Å². The van der Waals surface area contributed by atoms with Gasteiger partial charge in [-0.15, -0.1) is 0 Å². The van der Waals surface area contributed by atoms with Gasteiger partial charge < -0.3 is 10.0 Å². The number of hydrogen-bond donors (Lipinski definition) is 1. The highest BCUT2D eigenvalue weighted by Crippen LogP contribution is 2.33. The minimum atomic E-state index is -0.0812. The molecule has 0 aliphatic carbocycles. The summed E-state index contributed by atoms with van der Waals surface area (Å²) in [6, 6.07) is 19.7. The molecule has 1 aliphatic rings. The zero-order chi connectivity index (χ0) is 15.4. The Labute approximate surface area is 134 Å². The Morgan fingerprint density at radius 1 is 1.00 bits per heavy atom. The van der Waals surface area contributed by atoms with Crippen molar-refractivity contribution in [2.75, 3.05) is 13.1 Å². The van der Waals surface area contributed by atoms with Gasteiger partial charge in [0.15, 0.2) is 0 Å². The van der Waals surface area contributed by atoms with Gasteiger partial charge in [0.1, 0.15) is 10.7 Å². The second kappa shape index (κ2) is 6.71. The lowest BCUT2D eigenvalue weighted by molar-refractivity contribution is -0.124. The van der Waals surface area contributed by atoms with Gasteiger partial charge in [-0.1, -0.05) is 60.3 Å². The monoisotopic (exact) mass is 311 g/mol. The molecule has 2 aromatic carbocycles. The molecule has 4 heteroatoms. The molecule has 0 fully saturated rings. The van der Waals surface area contributed by atoms with Crippen LogP contribution in [-0.2, 0) is 11.2 Å². The van der Waals surface area contributed by atoms with E-state index < -0.39 is 0 Å². The number of aliphatic hydroxyl groups is 1. The van der Waals surface area contributed by atoms with Gasteiger partial charge >= 0.3 is 0 Å². The van der Waals surface area contributed by atoms with Crippen LogP contribution in [0.1, 0.15) is 5.56 Å². The van der Waals surface area contributed by atoms with Gasteiger partial charge in [-0.25, -0.2) is 0 Å². The van der Waals surface area contributed by atoms with Crippen LogP contribution in [0, 0.1) is 0 Å². The number of hydrogen-bond acceptors (Lipinski definition) is 3. The Kier molecular flexibility index (Phi) is 4.49. The highest BCUT2D eigenvalue weighted by atomic mass is 32.2. The molecule has 0 spiro atoms. The summed E-state index contributed by atoms with van der Waals surface area (Å²) in [5, 5.41) is 10.1. The highest BCUT2D eigenvalue weighted by Gasteiger charge is 2.30. The van der Waals surface area contributed by atoms with Crippen LogP contribution in [0.5, 0.6) is 0 Å². The Morgan fingerprint density at radius 2 is 1.64 bits per heavy atom. The summed E-state index contributed by atoms with van der Waals surface area (Å²) in [7, 11) is 0. The third-order valence-corrected chi connectivity index (χ3v) is 4.68. The molecule has 3 rings (SSSR count). The van der Waals surface area contributed by atoms with E-state index in [-0.39, 0.29) is 11.7 Å². The first-order valence-electron chi connectivity index (χ1n) is 7.22. The molecule has 2 aromatic rings. The molecule has 0 bridgehead atoms. The Balaban J connectivity index is 1.63. The molecule has 0 saturated heterocycles. The molecule has 1 heterocycles. The Bertz CT molecular complexity index is 683. The Morgan fingerprint density at radius 3 is 2.32 bits per heavy atom. The van der Waals surface area contributed by atoms with E-state index in [2.05, 4.69) is 0 Å². The zero-order valence-electron chi connectivity index (χ0n) is 12.1. The van der Waals surface area contributed by atoms with Gasteiger partial charge in [-0.3, -0.25) is 4.79 Å². The second-order valence-corrected chi connectivity index (χ2v) is 6.24. The fourth-order valence-corrected chi connectivity index (χ4v) is 3.32. The van der Waals surface area contributed by atoms with E-state index in [1.54, 1.807) is 4.90 Å². The summed E-state index contributed by atoms with van der Waals surface area (Å²) < 4.78 is 0. The van der Waals surface area contributed by atoms with Crippen molar-refractivity contribution in [3.63, 3.8) is 0 Å². The van der Waals surface area contributed by atoms with E-state index in [9.17, 15) is 9.90 Å². The van der Waals surface area contributed by atoms with Gasteiger partial charge in [0.05, 0.1) is 6.54 Å². The maximum absolute atomic E-state index is 12.4. The largest absolute Gasteiger partial charge is 0.509 e. The van der Waals surface area contributed by atoms with Gasteiger partial charge in [0.2, 0.25) is 0 Å². The number of aliphatic hydroxyl groups excluding tert-OH is 1. The van der Waals surface area contributed by atoms with Gasteiger partial charge in [0.25, 0.3) is 5.91 Å². The van der Waals surface area contributed by atoms with E-state index in [4.69, 9.17) is 0 Å². The van der Waals surface area contributed by atoms with Crippen molar-refractivity contribution in [1.29, 1.82) is 0 Å². The fourth-order valence-electron chi connectivity index (χ4n) is 2.39. The fraction of sp³-hybridized carbons (Fsp3) is 0.167. The molecule has 1 N–H and O–H groups in total. The summed E-state index contributed by atoms with van der Waals surface area (Å²) in [5.41, 5.74) is 1.19. The van der Waals surface area contributed by atoms with Crippen LogP contribution in [-0.4, -0.2) is 29.0 Å². The molecule has 1 aliphatic heterocycles. The molecule has 0 saturated carbocycles. The maximum Gasteiger partial charge on any atom is 0.264 e. The average Bonchev–Trinajstić information content (AvgIpc) is 2.82. The lowest BCUT2D eigenvalue weighted by atomic mass is 10.1. The summed E-state index contributed by atoms with van der Waals surface area (Å²) in [4.78, 5) is 15.5. The molecule has 0 unspecified atom stereocenters. The van der Waals surface area contributed by atoms with Crippen LogP contribution in [0.15, 0.2) is 76.2 Å². The van der Waals surface area contributed by atoms with Crippen molar-refractivity contribution in [1.82, 2.24) is 4.90 Å². The quantitative estimate of drug-likeness (QED) is 0.916. The SMILES string of the molecule is O=C1C(Sc2ccccc2)=C(O)CN1CCc1ccccc1. The predicted molar refractivity (Wildman–Crippen MR) is 88.7 cm³/mol. The Hall–Kier alpha value is -2.20. The number of thioether (sulfide) groups is 1. The van der Waals surface area contributed by atoms with Crippen molar-refractivity contribution < 1.29 is 9.90 Å². The van der Waals surface area contributed by atoms with E-state index in [0.717, 1.165) is 11.3 Å². The smallest absolute Gasteiger partial charge is 0.264 e. The second-order valence-electron chi connectivity index (χ2n) is 5.15. The number of carbonyl (C=O) groups is 1. The van der Waals surface area contributed by atoms with Crippen molar-refractivity contribution in [2.45, 2.75) is 11.3 Å². The van der Waals surface area contributed by atoms with Crippen LogP contribution >= 0.6 is 11.8 Å². The van der Waals surface area contributed by atoms with Crippen LogP contribution in [0.25, 0.3) is 0 Å². The van der Waals surface area contributed by atoms with Crippen molar-refractivity contribution in [2.24, 2.45) is 0 Å². The van der Waals surface area contributed by atoms with Crippen LogP contribution in [0.3, 0.4) is 0 Å². The van der Waals surface area contributed by atoms with Crippen molar-refractivity contribution in [3.8, 4) is 0 Å². The van der Waals surface area contributed by atoms with Crippen molar-refractivity contribution >= 4 is 17.7 Å². The first-order chi connectivity index (χ1) is 10.7. The molecule has 0 radical (unpaired) electrons. The van der Waals surface area contributed by atoms with Crippen LogP contribution < -0.4 is 0 Å². The van der Waals surface area contributed by atoms with Gasteiger partial charge in [0, 0.05) is 11.4 Å². The number of benzene rings is 2. The number of carbonyl (C=O) groups excluding carboxylic acids is 1. The molecular formula is C18H17NO2S. The summed E-state index contributed by atoms with van der Waals surface area (Å²) >= 11 is 1.33. The third kappa shape index (κ3) is 3.34. The minimum Gasteiger partial charge on any atom is -0.509 e. The first-order valence-corrected chi connectivity index (χ1v) is 8.04. The topological polar surface area (TPSA) is 40.5 Å². The van der Waals surface area contributed by atoms with Gasteiger partial charge in [-0.05, 0) is 24.1 Å². The molecule has 0 atom stereocenters. The first kappa shape index (κ1) is 14.7. The number of nitrogens with zero attached hydrogens (tertiary/aromatic N) is 1. The average molecular weight is 311 g/mol. The zero-order valence-corrected chi connectivity index (χ0v) is 12.9. The summed E-state index contributed by atoms with van der Waals surface area (Å²) in [5.74, 6) is 0.0919. The lowest BCUT2D eigenvalue weighted by Crippen LogP contribution is -2.29. The van der Waals surface area contributed by atoms with E-state index >= 15 is 0 Å². The van der Waals surface area contributed by atoms with E-state index in [1.807, 2.05) is 60.7 Å². The number of amides is 1. The molecule has 1 amide bonds. The summed E-state index contributed by atoms with van der Waals surface area (Å²) in [6.07, 6.45) is 0.795. The lowest BCUT2D eigenvalue weighted by Gasteiger charge is -2.16. The van der Waals surface area contributed by atoms with Gasteiger partial charge in [-0.2, -0.15) is 0 Å². The van der Waals surface area contributed by atoms with E-state index in [0.29, 0.717) is 18.0 Å². The molecule has 0 aromatic heterocycles. The normalized spacial score (nSPS) is 14.7. The molecule has 3 nitrogen and oxygen atoms in total. The van der Waals surface area contributed by atoms with Crippen molar-refractivity contribution in [3.05, 3.63) is 76.9 Å². The van der Waals surface area contributed by atoms with Crippen LogP contribution in [0.4, 0.5) is 0 Å². The third-order valence-electron chi connectivity index (χ3n) is 3.56. The maximum atomic E-state index is 12.4. The van der Waals surface area contributed by atoms with Crippen LogP contribution in [0.2, 0.25) is 0 Å². The minimum absolute atomic E-state index is 0.0812. The summed E-state index contributed by atoms with van der Waals surface area (Å²) in [6.45, 7) is 0.923. The molecular weight excluding hydrogens is 294 g/mol. The molecule has 22 heavy (non-hydrogen) atoms. The predicted octanol–water partition coefficient (Wildman–Crippen LogP) is 3.63.